The minimum atomic E-state index is -3.96. The lowest BCUT2D eigenvalue weighted by Crippen LogP contribution is -2.32. The van der Waals surface area contributed by atoms with Crippen LogP contribution in [-0.2, 0) is 10.0 Å². The molecule has 0 aliphatic heterocycles. The molecule has 1 aromatic carbocycles. The SMILES string of the molecule is NC1CCC(Nc2ccc(S(N)(=O)=O)cc2[N+](=O)[O-])CC1. The van der Waals surface area contributed by atoms with Crippen molar-refractivity contribution in [2.45, 2.75) is 42.7 Å². The Morgan fingerprint density at radius 1 is 1.24 bits per heavy atom. The first-order valence-corrected chi connectivity index (χ1v) is 8.15. The topological polar surface area (TPSA) is 141 Å². The molecular weight excluding hydrogens is 296 g/mol. The molecule has 0 radical (unpaired) electrons. The van der Waals surface area contributed by atoms with Crippen molar-refractivity contribution >= 4 is 21.4 Å². The molecule has 8 nitrogen and oxygen atoms in total. The Labute approximate surface area is 122 Å². The van der Waals surface area contributed by atoms with Crippen molar-refractivity contribution in [1.82, 2.24) is 0 Å². The molecule has 2 rings (SSSR count). The smallest absolute Gasteiger partial charge is 0.293 e. The van der Waals surface area contributed by atoms with Crippen molar-refractivity contribution in [2.24, 2.45) is 10.9 Å². The number of anilines is 1. The van der Waals surface area contributed by atoms with Crippen LogP contribution >= 0.6 is 0 Å². The van der Waals surface area contributed by atoms with Gasteiger partial charge in [0.2, 0.25) is 10.0 Å². The van der Waals surface area contributed by atoms with Gasteiger partial charge in [0.15, 0.2) is 0 Å². The number of nitrogens with two attached hydrogens (primary N) is 2. The summed E-state index contributed by atoms with van der Waals surface area (Å²) in [4.78, 5) is 10.2. The molecule has 0 aromatic heterocycles. The van der Waals surface area contributed by atoms with Gasteiger partial charge in [0.25, 0.3) is 5.69 Å². The number of primary sulfonamides is 1. The second kappa shape index (κ2) is 5.96. The summed E-state index contributed by atoms with van der Waals surface area (Å²) in [5.41, 5.74) is 5.82. The highest BCUT2D eigenvalue weighted by molar-refractivity contribution is 7.89. The van der Waals surface area contributed by atoms with Crippen LogP contribution in [0, 0.1) is 10.1 Å². The van der Waals surface area contributed by atoms with E-state index in [0.717, 1.165) is 31.7 Å². The Morgan fingerprint density at radius 2 is 1.86 bits per heavy atom. The highest BCUT2D eigenvalue weighted by Gasteiger charge is 2.23. The van der Waals surface area contributed by atoms with Gasteiger partial charge >= 0.3 is 0 Å². The van der Waals surface area contributed by atoms with E-state index in [1.54, 1.807) is 0 Å². The summed E-state index contributed by atoms with van der Waals surface area (Å²) in [5, 5.41) is 19.2. The van der Waals surface area contributed by atoms with Gasteiger partial charge in [-0.15, -0.1) is 0 Å². The van der Waals surface area contributed by atoms with Gasteiger partial charge in [0, 0.05) is 18.2 Å². The molecule has 9 heteroatoms. The third-order valence-electron chi connectivity index (χ3n) is 3.63. The fraction of sp³-hybridized carbons (Fsp3) is 0.500. The minimum Gasteiger partial charge on any atom is -0.377 e. The number of nitro benzene ring substituents is 1. The predicted octanol–water partition coefficient (Wildman–Crippen LogP) is 0.924. The van der Waals surface area contributed by atoms with E-state index in [1.807, 2.05) is 0 Å². The molecule has 21 heavy (non-hydrogen) atoms. The van der Waals surface area contributed by atoms with Crippen molar-refractivity contribution < 1.29 is 13.3 Å². The first-order valence-electron chi connectivity index (χ1n) is 6.60. The van der Waals surface area contributed by atoms with Crippen molar-refractivity contribution in [2.75, 3.05) is 5.32 Å². The third kappa shape index (κ3) is 3.90. The number of benzene rings is 1. The molecule has 0 amide bonds. The fourth-order valence-electron chi connectivity index (χ4n) is 2.44. The van der Waals surface area contributed by atoms with Crippen LogP contribution in [0.3, 0.4) is 0 Å². The van der Waals surface area contributed by atoms with E-state index in [2.05, 4.69) is 5.32 Å². The number of hydrogen-bond donors (Lipinski definition) is 3. The summed E-state index contributed by atoms with van der Waals surface area (Å²) in [6.07, 6.45) is 3.38. The summed E-state index contributed by atoms with van der Waals surface area (Å²) in [6, 6.07) is 3.91. The molecule has 116 valence electrons. The number of nitro groups is 1. The molecule has 1 saturated carbocycles. The fourth-order valence-corrected chi connectivity index (χ4v) is 2.98. The van der Waals surface area contributed by atoms with Crippen LogP contribution < -0.4 is 16.2 Å². The number of hydrogen-bond acceptors (Lipinski definition) is 6. The highest BCUT2D eigenvalue weighted by atomic mass is 32.2. The van der Waals surface area contributed by atoms with Crippen LogP contribution in [0.5, 0.6) is 0 Å². The Bertz CT molecular complexity index is 639. The van der Waals surface area contributed by atoms with Gasteiger partial charge in [0.1, 0.15) is 5.69 Å². The molecule has 1 aromatic rings. The van der Waals surface area contributed by atoms with E-state index in [1.165, 1.54) is 12.1 Å². The van der Waals surface area contributed by atoms with E-state index in [0.29, 0.717) is 5.69 Å². The van der Waals surface area contributed by atoms with Gasteiger partial charge < -0.3 is 11.1 Å². The summed E-state index contributed by atoms with van der Waals surface area (Å²) >= 11 is 0. The molecule has 1 aliphatic rings. The lowest BCUT2D eigenvalue weighted by Gasteiger charge is -2.27. The Hall–Kier alpha value is -1.71. The quantitative estimate of drug-likeness (QED) is 0.557. The molecule has 0 saturated heterocycles. The van der Waals surface area contributed by atoms with Gasteiger partial charge in [-0.25, -0.2) is 13.6 Å². The molecular formula is C12H18N4O4S. The molecule has 0 atom stereocenters. The van der Waals surface area contributed by atoms with Crippen LogP contribution in [0.15, 0.2) is 23.1 Å². The predicted molar refractivity (Wildman–Crippen MR) is 78.3 cm³/mol. The van der Waals surface area contributed by atoms with E-state index >= 15 is 0 Å². The molecule has 0 spiro atoms. The van der Waals surface area contributed by atoms with Crippen LogP contribution in [-0.4, -0.2) is 25.4 Å². The largest absolute Gasteiger partial charge is 0.377 e. The van der Waals surface area contributed by atoms with Gasteiger partial charge in [0.05, 0.1) is 9.82 Å². The van der Waals surface area contributed by atoms with Crippen molar-refractivity contribution in [3.8, 4) is 0 Å². The van der Waals surface area contributed by atoms with Crippen LogP contribution in [0.4, 0.5) is 11.4 Å². The van der Waals surface area contributed by atoms with Crippen molar-refractivity contribution in [3.63, 3.8) is 0 Å². The lowest BCUT2D eigenvalue weighted by molar-refractivity contribution is -0.384. The molecule has 1 aliphatic carbocycles. The van der Waals surface area contributed by atoms with Gasteiger partial charge in [-0.1, -0.05) is 0 Å². The van der Waals surface area contributed by atoms with Gasteiger partial charge in [-0.3, -0.25) is 10.1 Å². The molecule has 1 fully saturated rings. The molecule has 0 bridgehead atoms. The number of nitrogens with one attached hydrogen (secondary N) is 1. The molecule has 0 heterocycles. The zero-order chi connectivity index (χ0) is 15.6. The Balaban J connectivity index is 2.25. The van der Waals surface area contributed by atoms with Gasteiger partial charge in [-0.2, -0.15) is 0 Å². The Morgan fingerprint density at radius 3 is 2.38 bits per heavy atom. The van der Waals surface area contributed by atoms with Crippen LogP contribution in [0.25, 0.3) is 0 Å². The average Bonchev–Trinajstić information content (AvgIpc) is 2.40. The minimum absolute atomic E-state index is 0.101. The Kier molecular flexibility index (Phi) is 4.45. The maximum atomic E-state index is 11.3. The monoisotopic (exact) mass is 314 g/mol. The second-order valence-corrected chi connectivity index (χ2v) is 6.80. The normalized spacial score (nSPS) is 22.8. The second-order valence-electron chi connectivity index (χ2n) is 5.24. The van der Waals surface area contributed by atoms with E-state index in [4.69, 9.17) is 10.9 Å². The van der Waals surface area contributed by atoms with E-state index in [-0.39, 0.29) is 22.7 Å². The number of sulfonamides is 1. The van der Waals surface area contributed by atoms with E-state index in [9.17, 15) is 18.5 Å². The number of nitrogens with zero attached hydrogens (tertiary/aromatic N) is 1. The van der Waals surface area contributed by atoms with Crippen molar-refractivity contribution in [1.29, 1.82) is 0 Å². The third-order valence-corrected chi connectivity index (χ3v) is 4.54. The summed E-state index contributed by atoms with van der Waals surface area (Å²) in [7, 11) is -3.96. The molecule has 5 N–H and O–H groups in total. The van der Waals surface area contributed by atoms with Crippen LogP contribution in [0.1, 0.15) is 25.7 Å². The zero-order valence-electron chi connectivity index (χ0n) is 11.4. The first-order chi connectivity index (χ1) is 9.77. The standard InChI is InChI=1S/C12H18N4O4S/c13-8-1-3-9(4-2-8)15-11-6-5-10(21(14,19)20)7-12(11)16(17)18/h5-9,15H,1-4,13H2,(H2,14,19,20). The maximum absolute atomic E-state index is 11.3. The zero-order valence-corrected chi connectivity index (χ0v) is 12.2. The lowest BCUT2D eigenvalue weighted by atomic mass is 9.91. The summed E-state index contributed by atoms with van der Waals surface area (Å²) < 4.78 is 22.5. The maximum Gasteiger partial charge on any atom is 0.293 e. The summed E-state index contributed by atoms with van der Waals surface area (Å²) in [6.45, 7) is 0. The number of rotatable bonds is 4. The molecule has 0 unspecified atom stereocenters. The van der Waals surface area contributed by atoms with Gasteiger partial charge in [-0.05, 0) is 37.8 Å². The van der Waals surface area contributed by atoms with Crippen LogP contribution in [0.2, 0.25) is 0 Å². The summed E-state index contributed by atoms with van der Waals surface area (Å²) in [5.74, 6) is 0. The van der Waals surface area contributed by atoms with E-state index < -0.39 is 14.9 Å². The highest BCUT2D eigenvalue weighted by Crippen LogP contribution is 2.30. The average molecular weight is 314 g/mol. The van der Waals surface area contributed by atoms with Crippen molar-refractivity contribution in [3.05, 3.63) is 28.3 Å². The first kappa shape index (κ1) is 15.7.